The second-order valence-electron chi connectivity index (χ2n) is 5.90. The van der Waals surface area contributed by atoms with Crippen LogP contribution in [0.1, 0.15) is 36.7 Å². The van der Waals surface area contributed by atoms with Crippen molar-refractivity contribution in [2.45, 2.75) is 27.3 Å². The molecule has 0 fully saturated rings. The van der Waals surface area contributed by atoms with Crippen LogP contribution in [-0.2, 0) is 6.54 Å². The van der Waals surface area contributed by atoms with Gasteiger partial charge in [-0.15, -0.1) is 0 Å². The molecule has 0 spiro atoms. The lowest BCUT2D eigenvalue weighted by Gasteiger charge is -2.26. The molecule has 0 heterocycles. The van der Waals surface area contributed by atoms with E-state index >= 15 is 0 Å². The molecule has 0 saturated heterocycles. The predicted octanol–water partition coefficient (Wildman–Crippen LogP) is 1.77. The molecule has 1 rings (SSSR count). The number of nitrogens with two attached hydrogens (primary N) is 1. The van der Waals surface area contributed by atoms with E-state index in [1.165, 1.54) is 5.56 Å². The Labute approximate surface area is 109 Å². The Bertz CT molecular complexity index is 392. The molecule has 1 aromatic carbocycles. The molecule has 0 aliphatic carbocycles. The van der Waals surface area contributed by atoms with Gasteiger partial charge in [-0.1, -0.05) is 32.9 Å². The van der Waals surface area contributed by atoms with Crippen LogP contribution in [0.25, 0.3) is 0 Å². The molecule has 0 bridgehead atoms. The van der Waals surface area contributed by atoms with Crippen molar-refractivity contribution in [3.63, 3.8) is 0 Å². The number of nitrogens with zero attached hydrogens (tertiary/aromatic N) is 1. The number of nitrogen functional groups attached to an aromatic ring is 1. The second kappa shape index (κ2) is 5.98. The highest BCUT2D eigenvalue weighted by molar-refractivity contribution is 5.93. The lowest BCUT2D eigenvalue weighted by Crippen LogP contribution is -2.30. The average Bonchev–Trinajstić information content (AvgIpc) is 2.26. The SMILES string of the molecule is CN(Cc1ccc(C(=O)NN)cc1)CC(C)(C)C. The number of carbonyl (C=O) groups excluding carboxylic acids is 1. The lowest BCUT2D eigenvalue weighted by atomic mass is 9.96. The first-order chi connectivity index (χ1) is 8.31. The first-order valence-electron chi connectivity index (χ1n) is 6.10. The molecular formula is C14H23N3O. The van der Waals surface area contributed by atoms with Gasteiger partial charge in [0.05, 0.1) is 0 Å². The van der Waals surface area contributed by atoms with Gasteiger partial charge in [-0.25, -0.2) is 5.84 Å². The van der Waals surface area contributed by atoms with Gasteiger partial charge in [0, 0.05) is 18.7 Å². The van der Waals surface area contributed by atoms with E-state index in [1.54, 1.807) is 12.1 Å². The van der Waals surface area contributed by atoms with Crippen LogP contribution in [0.5, 0.6) is 0 Å². The number of hydrogen-bond acceptors (Lipinski definition) is 3. The van der Waals surface area contributed by atoms with Crippen LogP contribution in [0.4, 0.5) is 0 Å². The minimum absolute atomic E-state index is 0.260. The molecule has 0 radical (unpaired) electrons. The van der Waals surface area contributed by atoms with Crippen LogP contribution in [0.2, 0.25) is 0 Å². The molecule has 1 amide bonds. The molecule has 3 N–H and O–H groups in total. The maximum atomic E-state index is 11.3. The van der Waals surface area contributed by atoms with Gasteiger partial charge in [0.2, 0.25) is 0 Å². The molecule has 4 nitrogen and oxygen atoms in total. The molecule has 1 aromatic rings. The fourth-order valence-corrected chi connectivity index (χ4v) is 2.02. The number of carbonyl (C=O) groups is 1. The minimum Gasteiger partial charge on any atom is -0.302 e. The summed E-state index contributed by atoms with van der Waals surface area (Å²) in [5, 5.41) is 0. The Hall–Kier alpha value is -1.39. The molecular weight excluding hydrogens is 226 g/mol. The van der Waals surface area contributed by atoms with E-state index in [0.29, 0.717) is 5.56 Å². The highest BCUT2D eigenvalue weighted by atomic mass is 16.2. The predicted molar refractivity (Wildman–Crippen MR) is 73.9 cm³/mol. The summed E-state index contributed by atoms with van der Waals surface area (Å²) in [6.45, 7) is 8.56. The van der Waals surface area contributed by atoms with E-state index in [0.717, 1.165) is 13.1 Å². The number of benzene rings is 1. The zero-order chi connectivity index (χ0) is 13.8. The van der Waals surface area contributed by atoms with Crippen molar-refractivity contribution < 1.29 is 4.79 Å². The summed E-state index contributed by atoms with van der Waals surface area (Å²) in [5.74, 6) is 4.82. The van der Waals surface area contributed by atoms with Gasteiger partial charge in [0.25, 0.3) is 5.91 Å². The second-order valence-corrected chi connectivity index (χ2v) is 5.90. The van der Waals surface area contributed by atoms with Crippen LogP contribution in [0.3, 0.4) is 0 Å². The molecule has 0 aliphatic rings. The third-order valence-electron chi connectivity index (χ3n) is 2.54. The van der Waals surface area contributed by atoms with Crippen molar-refractivity contribution in [1.29, 1.82) is 0 Å². The molecule has 0 saturated carbocycles. The van der Waals surface area contributed by atoms with Crippen LogP contribution in [0, 0.1) is 5.41 Å². The van der Waals surface area contributed by atoms with E-state index in [-0.39, 0.29) is 11.3 Å². The Balaban J connectivity index is 2.61. The van der Waals surface area contributed by atoms with Crippen LogP contribution < -0.4 is 11.3 Å². The van der Waals surface area contributed by atoms with Gasteiger partial charge in [0.1, 0.15) is 0 Å². The normalized spacial score (nSPS) is 11.7. The van der Waals surface area contributed by atoms with Gasteiger partial charge in [-0.05, 0) is 30.2 Å². The summed E-state index contributed by atoms with van der Waals surface area (Å²) in [6, 6.07) is 7.51. The molecule has 0 aromatic heterocycles. The van der Waals surface area contributed by atoms with Crippen molar-refractivity contribution >= 4 is 5.91 Å². The maximum Gasteiger partial charge on any atom is 0.265 e. The molecule has 18 heavy (non-hydrogen) atoms. The van der Waals surface area contributed by atoms with Crippen molar-refractivity contribution in [2.24, 2.45) is 11.3 Å². The summed E-state index contributed by atoms with van der Waals surface area (Å²) < 4.78 is 0. The monoisotopic (exact) mass is 249 g/mol. The van der Waals surface area contributed by atoms with E-state index in [4.69, 9.17) is 5.84 Å². The van der Waals surface area contributed by atoms with Gasteiger partial charge in [0.15, 0.2) is 0 Å². The van der Waals surface area contributed by atoms with Crippen molar-refractivity contribution in [3.8, 4) is 0 Å². The van der Waals surface area contributed by atoms with Crippen molar-refractivity contribution in [3.05, 3.63) is 35.4 Å². The van der Waals surface area contributed by atoms with Gasteiger partial charge < -0.3 is 4.90 Å². The van der Waals surface area contributed by atoms with E-state index < -0.39 is 0 Å². The highest BCUT2D eigenvalue weighted by Crippen LogP contribution is 2.16. The zero-order valence-corrected chi connectivity index (χ0v) is 11.7. The molecule has 0 unspecified atom stereocenters. The molecule has 100 valence electrons. The fraction of sp³-hybridized carbons (Fsp3) is 0.500. The van der Waals surface area contributed by atoms with Gasteiger partial charge in [-0.3, -0.25) is 10.2 Å². The standard InChI is InChI=1S/C14H23N3O/c1-14(2,3)10-17(4)9-11-5-7-12(8-6-11)13(18)16-15/h5-8H,9-10,15H2,1-4H3,(H,16,18). The first kappa shape index (κ1) is 14.7. The summed E-state index contributed by atoms with van der Waals surface area (Å²) >= 11 is 0. The minimum atomic E-state index is -0.260. The topological polar surface area (TPSA) is 58.4 Å². The maximum absolute atomic E-state index is 11.3. The molecule has 0 atom stereocenters. The Kier molecular flexibility index (Phi) is 4.87. The average molecular weight is 249 g/mol. The number of rotatable bonds is 4. The highest BCUT2D eigenvalue weighted by Gasteiger charge is 2.13. The Morgan fingerprint density at radius 3 is 2.28 bits per heavy atom. The summed E-state index contributed by atoms with van der Waals surface area (Å²) in [7, 11) is 2.10. The third-order valence-corrected chi connectivity index (χ3v) is 2.54. The van der Waals surface area contributed by atoms with E-state index in [1.807, 2.05) is 12.1 Å². The number of hydrazine groups is 1. The van der Waals surface area contributed by atoms with Crippen LogP contribution in [0.15, 0.2) is 24.3 Å². The smallest absolute Gasteiger partial charge is 0.265 e. The third kappa shape index (κ3) is 4.85. The number of amides is 1. The quantitative estimate of drug-likeness (QED) is 0.486. The van der Waals surface area contributed by atoms with Crippen molar-refractivity contribution in [1.82, 2.24) is 10.3 Å². The molecule has 0 aliphatic heterocycles. The Morgan fingerprint density at radius 2 is 1.83 bits per heavy atom. The van der Waals surface area contributed by atoms with Crippen molar-refractivity contribution in [2.75, 3.05) is 13.6 Å². The largest absolute Gasteiger partial charge is 0.302 e. The van der Waals surface area contributed by atoms with Gasteiger partial charge >= 0.3 is 0 Å². The fourth-order valence-electron chi connectivity index (χ4n) is 2.02. The summed E-state index contributed by atoms with van der Waals surface area (Å²) in [6.07, 6.45) is 0. The lowest BCUT2D eigenvalue weighted by molar-refractivity contribution is 0.0953. The zero-order valence-electron chi connectivity index (χ0n) is 11.7. The van der Waals surface area contributed by atoms with Crippen LogP contribution in [-0.4, -0.2) is 24.4 Å². The Morgan fingerprint density at radius 1 is 1.28 bits per heavy atom. The number of nitrogens with one attached hydrogen (secondary N) is 1. The van der Waals surface area contributed by atoms with E-state index in [2.05, 4.69) is 38.1 Å². The van der Waals surface area contributed by atoms with Gasteiger partial charge in [-0.2, -0.15) is 0 Å². The summed E-state index contributed by atoms with van der Waals surface area (Å²) in [5.41, 5.74) is 4.18. The first-order valence-corrected chi connectivity index (χ1v) is 6.10. The van der Waals surface area contributed by atoms with E-state index in [9.17, 15) is 4.79 Å². The molecule has 4 heteroatoms. The number of hydrogen-bond donors (Lipinski definition) is 2. The summed E-state index contributed by atoms with van der Waals surface area (Å²) in [4.78, 5) is 13.6. The van der Waals surface area contributed by atoms with Crippen LogP contribution >= 0.6 is 0 Å².